The van der Waals surface area contributed by atoms with Crippen molar-refractivity contribution in [3.63, 3.8) is 0 Å². The maximum Gasteiger partial charge on any atom is 0.327 e. The lowest BCUT2D eigenvalue weighted by Gasteiger charge is -2.17. The second-order valence-electron chi connectivity index (χ2n) is 3.15. The Morgan fingerprint density at radius 3 is 3.14 bits per heavy atom. The Morgan fingerprint density at radius 1 is 1.50 bits per heavy atom. The van der Waals surface area contributed by atoms with Crippen LogP contribution in [0.1, 0.15) is 12.8 Å². The second kappa shape index (κ2) is 6.72. The summed E-state index contributed by atoms with van der Waals surface area (Å²) in [5.74, 6) is 4.50. The molecule has 0 aromatic carbocycles. The van der Waals surface area contributed by atoms with Gasteiger partial charge in [0.2, 0.25) is 0 Å². The van der Waals surface area contributed by atoms with E-state index in [1.54, 1.807) is 0 Å². The zero-order valence-corrected chi connectivity index (χ0v) is 8.20. The minimum atomic E-state index is -0.335. The van der Waals surface area contributed by atoms with Gasteiger partial charge >= 0.3 is 5.97 Å². The Kier molecular flexibility index (Phi) is 5.46. The summed E-state index contributed by atoms with van der Waals surface area (Å²) < 4.78 is 5.29. The number of carbonyl (C=O) groups is 1. The molecule has 0 bridgehead atoms. The first-order valence-electron chi connectivity index (χ1n) is 4.78. The van der Waals surface area contributed by atoms with Crippen LogP contribution in [0.25, 0.3) is 0 Å². The van der Waals surface area contributed by atoms with Crippen LogP contribution in [0.15, 0.2) is 0 Å². The number of rotatable bonds is 4. The van der Waals surface area contributed by atoms with E-state index in [-0.39, 0.29) is 5.97 Å². The summed E-state index contributed by atoms with van der Waals surface area (Å²) in [6.07, 6.45) is 1.37. The van der Waals surface area contributed by atoms with Crippen molar-refractivity contribution >= 4 is 5.97 Å². The zero-order chi connectivity index (χ0) is 10.2. The van der Waals surface area contributed by atoms with E-state index in [4.69, 9.17) is 10.6 Å². The second-order valence-corrected chi connectivity index (χ2v) is 3.15. The van der Waals surface area contributed by atoms with Gasteiger partial charge < -0.3 is 14.5 Å². The molecular weight excluding hydrogens is 186 g/mol. The van der Waals surface area contributed by atoms with E-state index in [0.29, 0.717) is 13.0 Å². The third kappa shape index (κ3) is 4.52. The van der Waals surface area contributed by atoms with Crippen LogP contribution in [0, 0.1) is 0 Å². The summed E-state index contributed by atoms with van der Waals surface area (Å²) >= 11 is 0. The first-order chi connectivity index (χ1) is 6.83. The minimum absolute atomic E-state index is 0.335. The smallest absolute Gasteiger partial charge is 0.327 e. The van der Waals surface area contributed by atoms with Gasteiger partial charge in [-0.3, -0.25) is 4.79 Å². The molecule has 0 aromatic rings. The van der Waals surface area contributed by atoms with Gasteiger partial charge in [-0.2, -0.15) is 0 Å². The predicted molar refractivity (Wildman–Crippen MR) is 49.9 cm³/mol. The van der Waals surface area contributed by atoms with Gasteiger partial charge in [0.05, 0.1) is 13.0 Å². The fourth-order valence-corrected chi connectivity index (χ4v) is 1.39. The number of nitrogens with two attached hydrogens (primary N) is 1. The number of hydrogen-bond acceptors (Lipinski definition) is 6. The molecule has 0 saturated carbocycles. The molecule has 0 aliphatic carbocycles. The highest BCUT2D eigenvalue weighted by molar-refractivity contribution is 5.69. The van der Waals surface area contributed by atoms with E-state index in [1.807, 2.05) is 5.59 Å². The fraction of sp³-hybridized carbons (Fsp3) is 0.875. The van der Waals surface area contributed by atoms with Gasteiger partial charge in [-0.1, -0.05) is 5.59 Å². The standard InChI is InChI=1S/C8H17N3O3/c9-10-14-8(12)2-4-11-3-1-6-13-7-5-11/h10H,1-7,9H2. The third-order valence-corrected chi connectivity index (χ3v) is 2.12. The van der Waals surface area contributed by atoms with Crippen LogP contribution in [0.5, 0.6) is 0 Å². The Balaban J connectivity index is 2.12. The van der Waals surface area contributed by atoms with Crippen molar-refractivity contribution in [3.8, 4) is 0 Å². The Labute approximate surface area is 83.3 Å². The number of carbonyl (C=O) groups excluding carboxylic acids is 1. The molecule has 0 aromatic heterocycles. The topological polar surface area (TPSA) is 76.8 Å². The van der Waals surface area contributed by atoms with E-state index in [1.165, 1.54) is 0 Å². The average molecular weight is 203 g/mol. The largest absolute Gasteiger partial charge is 0.380 e. The zero-order valence-electron chi connectivity index (χ0n) is 8.20. The van der Waals surface area contributed by atoms with Crippen molar-refractivity contribution in [2.75, 3.05) is 32.8 Å². The Hall–Kier alpha value is -0.690. The number of nitrogens with one attached hydrogen (secondary N) is 1. The SMILES string of the molecule is NNOC(=O)CCN1CCCOCC1. The Bertz CT molecular complexity index is 169. The first kappa shape index (κ1) is 11.4. The number of ether oxygens (including phenoxy) is 1. The van der Waals surface area contributed by atoms with Crippen molar-refractivity contribution in [1.82, 2.24) is 10.5 Å². The van der Waals surface area contributed by atoms with E-state index in [0.717, 1.165) is 32.7 Å². The molecule has 1 aliphatic heterocycles. The van der Waals surface area contributed by atoms with Crippen molar-refractivity contribution in [3.05, 3.63) is 0 Å². The lowest BCUT2D eigenvalue weighted by molar-refractivity contribution is -0.151. The molecule has 0 radical (unpaired) electrons. The minimum Gasteiger partial charge on any atom is -0.380 e. The van der Waals surface area contributed by atoms with Crippen LogP contribution in [0.4, 0.5) is 0 Å². The van der Waals surface area contributed by atoms with Gasteiger partial charge in [-0.05, 0) is 6.42 Å². The van der Waals surface area contributed by atoms with Gasteiger partial charge in [-0.25, -0.2) is 5.84 Å². The molecule has 3 N–H and O–H groups in total. The molecule has 0 unspecified atom stereocenters. The molecule has 1 fully saturated rings. The molecule has 0 amide bonds. The van der Waals surface area contributed by atoms with Crippen molar-refractivity contribution < 1.29 is 14.4 Å². The highest BCUT2D eigenvalue weighted by atomic mass is 16.7. The molecule has 1 aliphatic rings. The predicted octanol–water partition coefficient (Wildman–Crippen LogP) is -0.980. The monoisotopic (exact) mass is 203 g/mol. The normalized spacial score (nSPS) is 18.9. The van der Waals surface area contributed by atoms with E-state index < -0.39 is 0 Å². The number of hydrogen-bond donors (Lipinski definition) is 2. The highest BCUT2D eigenvalue weighted by Gasteiger charge is 2.11. The van der Waals surface area contributed by atoms with Gasteiger partial charge in [0.1, 0.15) is 0 Å². The maximum absolute atomic E-state index is 10.9. The molecule has 1 rings (SSSR count). The number of nitrogens with zero attached hydrogens (tertiary/aromatic N) is 1. The average Bonchev–Trinajstić information content (AvgIpc) is 2.43. The van der Waals surface area contributed by atoms with Gasteiger partial charge in [-0.15, -0.1) is 0 Å². The molecule has 14 heavy (non-hydrogen) atoms. The molecular formula is C8H17N3O3. The van der Waals surface area contributed by atoms with Crippen LogP contribution in [-0.2, 0) is 14.4 Å². The summed E-state index contributed by atoms with van der Waals surface area (Å²) in [6, 6.07) is 0. The molecule has 82 valence electrons. The number of hydrazine groups is 1. The van der Waals surface area contributed by atoms with Crippen LogP contribution in [0.2, 0.25) is 0 Å². The molecule has 6 nitrogen and oxygen atoms in total. The van der Waals surface area contributed by atoms with Crippen LogP contribution < -0.4 is 11.4 Å². The fourth-order valence-electron chi connectivity index (χ4n) is 1.39. The highest BCUT2D eigenvalue weighted by Crippen LogP contribution is 2.00. The van der Waals surface area contributed by atoms with Crippen LogP contribution >= 0.6 is 0 Å². The summed E-state index contributed by atoms with van der Waals surface area (Å²) in [6.45, 7) is 4.10. The molecule has 0 atom stereocenters. The quantitative estimate of drug-likeness (QED) is 0.452. The summed E-state index contributed by atoms with van der Waals surface area (Å²) in [5, 5.41) is 0. The van der Waals surface area contributed by atoms with Crippen molar-refractivity contribution in [1.29, 1.82) is 0 Å². The molecule has 1 heterocycles. The van der Waals surface area contributed by atoms with Crippen LogP contribution in [-0.4, -0.2) is 43.7 Å². The summed E-state index contributed by atoms with van der Waals surface area (Å²) in [7, 11) is 0. The van der Waals surface area contributed by atoms with E-state index in [9.17, 15) is 4.79 Å². The third-order valence-electron chi connectivity index (χ3n) is 2.12. The van der Waals surface area contributed by atoms with Crippen LogP contribution in [0.3, 0.4) is 0 Å². The van der Waals surface area contributed by atoms with E-state index >= 15 is 0 Å². The Morgan fingerprint density at radius 2 is 2.36 bits per heavy atom. The maximum atomic E-state index is 10.9. The lowest BCUT2D eigenvalue weighted by atomic mass is 10.3. The summed E-state index contributed by atoms with van der Waals surface area (Å²) in [4.78, 5) is 17.5. The van der Waals surface area contributed by atoms with E-state index in [2.05, 4.69) is 9.74 Å². The van der Waals surface area contributed by atoms with Gasteiger partial charge in [0.25, 0.3) is 0 Å². The molecule has 1 saturated heterocycles. The van der Waals surface area contributed by atoms with Gasteiger partial charge in [0.15, 0.2) is 0 Å². The molecule has 6 heteroatoms. The summed E-state index contributed by atoms with van der Waals surface area (Å²) in [5.41, 5.74) is 1.87. The van der Waals surface area contributed by atoms with Crippen molar-refractivity contribution in [2.45, 2.75) is 12.8 Å². The van der Waals surface area contributed by atoms with Crippen molar-refractivity contribution in [2.24, 2.45) is 5.84 Å². The lowest BCUT2D eigenvalue weighted by Crippen LogP contribution is -2.32. The van der Waals surface area contributed by atoms with Gasteiger partial charge in [0, 0.05) is 26.2 Å². The molecule has 0 spiro atoms. The first-order valence-corrected chi connectivity index (χ1v) is 4.78.